The minimum Gasteiger partial charge on any atom is -0.312 e. The van der Waals surface area contributed by atoms with Crippen molar-refractivity contribution in [3.63, 3.8) is 0 Å². The minimum atomic E-state index is 0.323. The molecule has 1 aromatic rings. The zero-order valence-corrected chi connectivity index (χ0v) is 11.3. The highest BCUT2D eigenvalue weighted by molar-refractivity contribution is 5.37. The molecule has 18 heavy (non-hydrogen) atoms. The summed E-state index contributed by atoms with van der Waals surface area (Å²) in [6, 6.07) is 4.12. The number of rotatable bonds is 1. The third-order valence-corrected chi connectivity index (χ3v) is 2.55. The Balaban J connectivity index is 0.000000492. The van der Waals surface area contributed by atoms with Gasteiger partial charge in [0.25, 0.3) is 0 Å². The van der Waals surface area contributed by atoms with Crippen molar-refractivity contribution < 1.29 is 0 Å². The molecule has 0 aromatic carbocycles. The van der Waals surface area contributed by atoms with Gasteiger partial charge < -0.3 is 10.3 Å². The summed E-state index contributed by atoms with van der Waals surface area (Å²) in [7, 11) is 0. The summed E-state index contributed by atoms with van der Waals surface area (Å²) in [5, 5.41) is 1.17. The fraction of sp³-hybridized carbons (Fsp3) is 0.429. The first-order valence-electron chi connectivity index (χ1n) is 5.95. The molecule has 0 bridgehead atoms. The molecule has 0 saturated heterocycles. The molecule has 96 valence electrons. The largest absolute Gasteiger partial charge is 0.312 e. The summed E-state index contributed by atoms with van der Waals surface area (Å²) < 4.78 is 2.13. The van der Waals surface area contributed by atoms with E-state index in [4.69, 9.17) is 5.73 Å². The van der Waals surface area contributed by atoms with E-state index in [0.29, 0.717) is 6.67 Å². The zero-order valence-electron chi connectivity index (χ0n) is 11.3. The van der Waals surface area contributed by atoms with Crippen LogP contribution >= 0.6 is 0 Å². The van der Waals surface area contributed by atoms with Crippen LogP contribution in [0.4, 0.5) is 0 Å². The van der Waals surface area contributed by atoms with E-state index in [9.17, 15) is 0 Å². The first kappa shape index (κ1) is 14.2. The van der Waals surface area contributed by atoms with Gasteiger partial charge in [0.05, 0.1) is 13.2 Å². The van der Waals surface area contributed by atoms with E-state index in [2.05, 4.69) is 46.8 Å². The third-order valence-electron chi connectivity index (χ3n) is 2.55. The molecule has 1 aliphatic rings. The molecule has 2 N–H and O–H groups in total. The lowest BCUT2D eigenvalue weighted by Crippen LogP contribution is -2.42. The van der Waals surface area contributed by atoms with Crippen molar-refractivity contribution in [3.05, 3.63) is 28.3 Å². The maximum atomic E-state index is 5.50. The average Bonchev–Trinajstić information content (AvgIpc) is 2.78. The monoisotopic (exact) mass is 244 g/mol. The van der Waals surface area contributed by atoms with Gasteiger partial charge in [0.1, 0.15) is 11.0 Å². The molecular formula is C14H20N4. The quantitative estimate of drug-likeness (QED) is 0.682. The molecule has 0 aliphatic carbocycles. The highest BCUT2D eigenvalue weighted by Crippen LogP contribution is 1.86. The lowest BCUT2D eigenvalue weighted by Gasteiger charge is -2.02. The summed E-state index contributed by atoms with van der Waals surface area (Å²) in [6.45, 7) is 7.91. The van der Waals surface area contributed by atoms with Crippen LogP contribution < -0.4 is 21.9 Å². The molecular weight excluding hydrogens is 224 g/mol. The SMILES string of the molecule is C#CC.CC(C)=c1ccc2n(/c1=N/CN)CCN=2. The smallest absolute Gasteiger partial charge is 0.137 e. The van der Waals surface area contributed by atoms with Gasteiger partial charge in [-0.05, 0) is 32.9 Å². The minimum absolute atomic E-state index is 0.323. The van der Waals surface area contributed by atoms with Crippen molar-refractivity contribution >= 4 is 5.57 Å². The standard InChI is InChI=1S/C11H16N4.C3H4/c1-8(2)9-3-4-10-13-5-6-15(10)11(9)14-7-12;1-3-2/h3-4H,5-7,12H2,1-2H3;1H,2H3/b14-11+;. The van der Waals surface area contributed by atoms with Gasteiger partial charge in [-0.1, -0.05) is 5.57 Å². The molecule has 1 aliphatic heterocycles. The number of nitrogens with two attached hydrogens (primary N) is 1. The summed E-state index contributed by atoms with van der Waals surface area (Å²) in [6.07, 6.45) is 4.60. The molecule has 1 aromatic heterocycles. The fourth-order valence-corrected chi connectivity index (χ4v) is 1.85. The van der Waals surface area contributed by atoms with Crippen LogP contribution in [0.1, 0.15) is 20.8 Å². The maximum absolute atomic E-state index is 5.50. The fourth-order valence-electron chi connectivity index (χ4n) is 1.85. The van der Waals surface area contributed by atoms with Crippen LogP contribution in [0.15, 0.2) is 22.1 Å². The number of fused-ring (bicyclic) bond motifs is 1. The maximum Gasteiger partial charge on any atom is 0.137 e. The molecule has 2 heterocycles. The predicted molar refractivity (Wildman–Crippen MR) is 74.0 cm³/mol. The third kappa shape index (κ3) is 3.08. The van der Waals surface area contributed by atoms with Gasteiger partial charge in [-0.3, -0.25) is 9.98 Å². The molecule has 4 heteroatoms. The molecule has 4 nitrogen and oxygen atoms in total. The van der Waals surface area contributed by atoms with Crippen molar-refractivity contribution in [2.45, 2.75) is 27.3 Å². The second-order valence-corrected chi connectivity index (χ2v) is 4.09. The molecule has 0 fully saturated rings. The van der Waals surface area contributed by atoms with E-state index in [0.717, 1.165) is 24.1 Å². The summed E-state index contributed by atoms with van der Waals surface area (Å²) in [5.74, 6) is 2.25. The first-order chi connectivity index (χ1) is 8.65. The van der Waals surface area contributed by atoms with E-state index in [-0.39, 0.29) is 0 Å². The van der Waals surface area contributed by atoms with E-state index < -0.39 is 0 Å². The molecule has 0 atom stereocenters. The Morgan fingerprint density at radius 3 is 2.78 bits per heavy atom. The predicted octanol–water partition coefficient (Wildman–Crippen LogP) is -0.232. The molecule has 0 saturated carbocycles. The van der Waals surface area contributed by atoms with Crippen molar-refractivity contribution in [3.8, 4) is 12.3 Å². The zero-order chi connectivity index (χ0) is 13.5. The molecule has 0 radical (unpaired) electrons. The van der Waals surface area contributed by atoms with Crippen molar-refractivity contribution in [1.29, 1.82) is 0 Å². The van der Waals surface area contributed by atoms with Crippen LogP contribution in [-0.2, 0) is 6.54 Å². The van der Waals surface area contributed by atoms with Gasteiger partial charge >= 0.3 is 0 Å². The number of aromatic nitrogens is 1. The van der Waals surface area contributed by atoms with Crippen molar-refractivity contribution in [2.75, 3.05) is 13.2 Å². The van der Waals surface area contributed by atoms with E-state index >= 15 is 0 Å². The molecule has 0 unspecified atom stereocenters. The van der Waals surface area contributed by atoms with E-state index in [1.807, 2.05) is 6.07 Å². The Kier molecular flexibility index (Phi) is 5.34. The Morgan fingerprint density at radius 1 is 1.56 bits per heavy atom. The lowest BCUT2D eigenvalue weighted by molar-refractivity contribution is 0.694. The number of hydrogen-bond acceptors (Lipinski definition) is 3. The highest BCUT2D eigenvalue weighted by Gasteiger charge is 2.04. The van der Waals surface area contributed by atoms with E-state index in [1.165, 1.54) is 10.8 Å². The number of pyridine rings is 1. The van der Waals surface area contributed by atoms with E-state index in [1.54, 1.807) is 6.92 Å². The van der Waals surface area contributed by atoms with Gasteiger partial charge in [0, 0.05) is 11.8 Å². The van der Waals surface area contributed by atoms with Crippen LogP contribution in [0.2, 0.25) is 0 Å². The Labute approximate surface area is 108 Å². The van der Waals surface area contributed by atoms with Gasteiger partial charge in [0.15, 0.2) is 0 Å². The van der Waals surface area contributed by atoms with Crippen LogP contribution in [0, 0.1) is 12.3 Å². The van der Waals surface area contributed by atoms with Gasteiger partial charge in [-0.15, -0.1) is 12.3 Å². The van der Waals surface area contributed by atoms with Crippen LogP contribution in [0.5, 0.6) is 0 Å². The topological polar surface area (TPSA) is 55.7 Å². The Hall–Kier alpha value is -1.86. The highest BCUT2D eigenvalue weighted by atomic mass is 15.1. The Morgan fingerprint density at radius 2 is 2.22 bits per heavy atom. The first-order valence-corrected chi connectivity index (χ1v) is 5.95. The summed E-state index contributed by atoms with van der Waals surface area (Å²) in [4.78, 5) is 8.75. The summed E-state index contributed by atoms with van der Waals surface area (Å²) >= 11 is 0. The van der Waals surface area contributed by atoms with Crippen molar-refractivity contribution in [2.24, 2.45) is 15.7 Å². The van der Waals surface area contributed by atoms with Crippen LogP contribution in [0.25, 0.3) is 5.57 Å². The number of terminal acetylenes is 1. The van der Waals surface area contributed by atoms with Crippen LogP contribution in [-0.4, -0.2) is 17.8 Å². The van der Waals surface area contributed by atoms with Gasteiger partial charge in [-0.2, -0.15) is 0 Å². The molecule has 2 rings (SSSR count). The van der Waals surface area contributed by atoms with Gasteiger partial charge in [-0.25, -0.2) is 0 Å². The number of nitrogens with zero attached hydrogens (tertiary/aromatic N) is 3. The normalized spacial score (nSPS) is 12.9. The second kappa shape index (κ2) is 6.77. The van der Waals surface area contributed by atoms with Gasteiger partial charge in [0.2, 0.25) is 0 Å². The summed E-state index contributed by atoms with van der Waals surface area (Å²) in [5.41, 5.74) is 8.73. The number of hydrogen-bond donors (Lipinski definition) is 1. The average molecular weight is 244 g/mol. The van der Waals surface area contributed by atoms with Crippen molar-refractivity contribution in [1.82, 2.24) is 4.57 Å². The molecule has 0 amide bonds. The Bertz CT molecular complexity index is 625. The lowest BCUT2D eigenvalue weighted by atomic mass is 10.2. The second-order valence-electron chi connectivity index (χ2n) is 4.09. The van der Waals surface area contributed by atoms with Crippen LogP contribution in [0.3, 0.4) is 0 Å². The molecule has 0 spiro atoms.